The van der Waals surface area contributed by atoms with Gasteiger partial charge in [0.25, 0.3) is 0 Å². The number of nitrogens with two attached hydrogens (primary N) is 1. The average Bonchev–Trinajstić information content (AvgIpc) is 2.43. The van der Waals surface area contributed by atoms with E-state index in [0.717, 1.165) is 5.56 Å². The number of methoxy groups -OCH3 is 1. The van der Waals surface area contributed by atoms with Gasteiger partial charge in [0, 0.05) is 5.69 Å². The number of carbonyl (C=O) groups is 1. The van der Waals surface area contributed by atoms with Gasteiger partial charge in [-0.15, -0.1) is 0 Å². The van der Waals surface area contributed by atoms with Crippen molar-refractivity contribution in [3.05, 3.63) is 53.1 Å². The first-order valence-electron chi connectivity index (χ1n) is 6.79. The zero-order valence-corrected chi connectivity index (χ0v) is 12.6. The second kappa shape index (κ2) is 6.31. The van der Waals surface area contributed by atoms with Gasteiger partial charge in [0.1, 0.15) is 5.75 Å². The minimum Gasteiger partial charge on any atom is -0.495 e. The Labute approximate surface area is 124 Å². The molecule has 0 unspecified atom stereocenters. The van der Waals surface area contributed by atoms with Crippen LogP contribution in [0.15, 0.2) is 36.4 Å². The van der Waals surface area contributed by atoms with Gasteiger partial charge in [-0.2, -0.15) is 0 Å². The summed E-state index contributed by atoms with van der Waals surface area (Å²) in [5.41, 5.74) is 10.4. The molecule has 0 aliphatic carbocycles. The smallest absolute Gasteiger partial charge is 0.228 e. The Kier molecular flexibility index (Phi) is 4.48. The highest BCUT2D eigenvalue weighted by Crippen LogP contribution is 2.24. The van der Waals surface area contributed by atoms with Crippen LogP contribution in [-0.2, 0) is 11.2 Å². The van der Waals surface area contributed by atoms with E-state index in [0.29, 0.717) is 23.5 Å². The molecule has 0 fully saturated rings. The van der Waals surface area contributed by atoms with Crippen molar-refractivity contribution in [3.8, 4) is 5.75 Å². The van der Waals surface area contributed by atoms with Crippen molar-refractivity contribution >= 4 is 17.3 Å². The van der Waals surface area contributed by atoms with Gasteiger partial charge in [0.2, 0.25) is 5.91 Å². The molecule has 21 heavy (non-hydrogen) atoms. The molecule has 0 saturated carbocycles. The summed E-state index contributed by atoms with van der Waals surface area (Å²) in [6.07, 6.45) is 0.340. The second-order valence-electron chi connectivity index (χ2n) is 5.10. The summed E-state index contributed by atoms with van der Waals surface area (Å²) in [7, 11) is 1.56. The highest BCUT2D eigenvalue weighted by molar-refractivity contribution is 5.93. The number of ether oxygens (including phenoxy) is 1. The van der Waals surface area contributed by atoms with Gasteiger partial charge in [-0.25, -0.2) is 0 Å². The first kappa shape index (κ1) is 14.9. The Balaban J connectivity index is 2.04. The Hall–Kier alpha value is -2.49. The van der Waals surface area contributed by atoms with E-state index in [-0.39, 0.29) is 5.91 Å². The Morgan fingerprint density at radius 1 is 1.14 bits per heavy atom. The van der Waals surface area contributed by atoms with Gasteiger partial charge in [-0.05, 0) is 48.7 Å². The highest BCUT2D eigenvalue weighted by Gasteiger charge is 2.07. The van der Waals surface area contributed by atoms with E-state index >= 15 is 0 Å². The topological polar surface area (TPSA) is 64.3 Å². The van der Waals surface area contributed by atoms with Crippen LogP contribution < -0.4 is 15.8 Å². The van der Waals surface area contributed by atoms with Crippen molar-refractivity contribution < 1.29 is 9.53 Å². The number of amides is 1. The molecule has 2 rings (SSSR count). The van der Waals surface area contributed by atoms with Crippen LogP contribution >= 0.6 is 0 Å². The standard InChI is InChI=1S/C17H20N2O2/c1-11-4-5-13(8-12(11)2)9-17(20)19-14-6-7-16(21-3)15(18)10-14/h4-8,10H,9,18H2,1-3H3,(H,19,20). The number of nitrogens with one attached hydrogen (secondary N) is 1. The molecule has 0 aliphatic rings. The van der Waals surface area contributed by atoms with Crippen LogP contribution in [0.25, 0.3) is 0 Å². The molecule has 1 amide bonds. The first-order valence-corrected chi connectivity index (χ1v) is 6.79. The third-order valence-electron chi connectivity index (χ3n) is 3.45. The van der Waals surface area contributed by atoms with Crippen LogP contribution in [0.3, 0.4) is 0 Å². The van der Waals surface area contributed by atoms with Crippen molar-refractivity contribution in [2.45, 2.75) is 20.3 Å². The highest BCUT2D eigenvalue weighted by atomic mass is 16.5. The molecular formula is C17H20N2O2. The fourth-order valence-corrected chi connectivity index (χ4v) is 2.12. The first-order chi connectivity index (χ1) is 9.99. The molecule has 0 heterocycles. The summed E-state index contributed by atoms with van der Waals surface area (Å²) >= 11 is 0. The van der Waals surface area contributed by atoms with Crippen LogP contribution in [0.5, 0.6) is 5.75 Å². The van der Waals surface area contributed by atoms with Gasteiger partial charge < -0.3 is 15.8 Å². The molecule has 110 valence electrons. The van der Waals surface area contributed by atoms with Gasteiger partial charge in [-0.3, -0.25) is 4.79 Å². The van der Waals surface area contributed by atoms with E-state index in [1.165, 1.54) is 11.1 Å². The number of aryl methyl sites for hydroxylation is 2. The maximum absolute atomic E-state index is 12.1. The molecule has 0 saturated heterocycles. The molecule has 3 N–H and O–H groups in total. The summed E-state index contributed by atoms with van der Waals surface area (Å²) in [5.74, 6) is 0.532. The van der Waals surface area contributed by atoms with E-state index in [9.17, 15) is 4.79 Å². The predicted molar refractivity (Wildman–Crippen MR) is 85.7 cm³/mol. The van der Waals surface area contributed by atoms with Crippen molar-refractivity contribution in [2.75, 3.05) is 18.2 Å². The number of benzene rings is 2. The van der Waals surface area contributed by atoms with Crippen LogP contribution in [0.2, 0.25) is 0 Å². The number of hydrogen-bond acceptors (Lipinski definition) is 3. The third-order valence-corrected chi connectivity index (χ3v) is 3.45. The molecule has 2 aromatic rings. The lowest BCUT2D eigenvalue weighted by Crippen LogP contribution is -2.14. The maximum Gasteiger partial charge on any atom is 0.228 e. The summed E-state index contributed by atoms with van der Waals surface area (Å²) in [4.78, 5) is 12.1. The number of carbonyl (C=O) groups excluding carboxylic acids is 1. The van der Waals surface area contributed by atoms with Crippen molar-refractivity contribution in [3.63, 3.8) is 0 Å². The minimum absolute atomic E-state index is 0.0668. The lowest BCUT2D eigenvalue weighted by Gasteiger charge is -2.09. The Morgan fingerprint density at radius 3 is 2.52 bits per heavy atom. The third kappa shape index (κ3) is 3.75. The fraction of sp³-hybridized carbons (Fsp3) is 0.235. The summed E-state index contributed by atoms with van der Waals surface area (Å²) in [6.45, 7) is 4.10. The average molecular weight is 284 g/mol. The fourth-order valence-electron chi connectivity index (χ4n) is 2.12. The summed E-state index contributed by atoms with van der Waals surface area (Å²) < 4.78 is 5.09. The van der Waals surface area contributed by atoms with E-state index in [4.69, 9.17) is 10.5 Å². The molecule has 0 atom stereocenters. The minimum atomic E-state index is -0.0668. The maximum atomic E-state index is 12.1. The summed E-state index contributed by atoms with van der Waals surface area (Å²) in [6, 6.07) is 11.2. The number of hydrogen-bond donors (Lipinski definition) is 2. The van der Waals surface area contributed by atoms with Gasteiger partial charge in [0.15, 0.2) is 0 Å². The molecular weight excluding hydrogens is 264 g/mol. The number of rotatable bonds is 4. The molecule has 4 heteroatoms. The normalized spacial score (nSPS) is 10.2. The van der Waals surface area contributed by atoms with Crippen molar-refractivity contribution in [1.29, 1.82) is 0 Å². The zero-order valence-electron chi connectivity index (χ0n) is 12.6. The molecule has 0 aromatic heterocycles. The molecule has 0 spiro atoms. The van der Waals surface area contributed by atoms with Gasteiger partial charge in [0.05, 0.1) is 19.2 Å². The van der Waals surface area contributed by atoms with Gasteiger partial charge >= 0.3 is 0 Å². The van der Waals surface area contributed by atoms with E-state index in [1.54, 1.807) is 25.3 Å². The van der Waals surface area contributed by atoms with Crippen LogP contribution in [0.1, 0.15) is 16.7 Å². The Morgan fingerprint density at radius 2 is 1.90 bits per heavy atom. The van der Waals surface area contributed by atoms with E-state index in [1.807, 2.05) is 25.1 Å². The van der Waals surface area contributed by atoms with Crippen molar-refractivity contribution in [2.24, 2.45) is 0 Å². The van der Waals surface area contributed by atoms with Crippen LogP contribution in [0, 0.1) is 13.8 Å². The molecule has 0 radical (unpaired) electrons. The predicted octanol–water partition coefficient (Wildman–Crippen LogP) is 3.08. The molecule has 4 nitrogen and oxygen atoms in total. The molecule has 0 bridgehead atoms. The van der Waals surface area contributed by atoms with Crippen LogP contribution in [-0.4, -0.2) is 13.0 Å². The second-order valence-corrected chi connectivity index (χ2v) is 5.10. The Bertz CT molecular complexity index is 666. The van der Waals surface area contributed by atoms with E-state index < -0.39 is 0 Å². The SMILES string of the molecule is COc1ccc(NC(=O)Cc2ccc(C)c(C)c2)cc1N. The summed E-state index contributed by atoms with van der Waals surface area (Å²) in [5, 5.41) is 2.84. The quantitative estimate of drug-likeness (QED) is 0.848. The number of anilines is 2. The molecule has 2 aromatic carbocycles. The van der Waals surface area contributed by atoms with Crippen molar-refractivity contribution in [1.82, 2.24) is 0 Å². The number of nitrogen functional groups attached to an aromatic ring is 1. The van der Waals surface area contributed by atoms with Crippen LogP contribution in [0.4, 0.5) is 11.4 Å². The van der Waals surface area contributed by atoms with E-state index in [2.05, 4.69) is 12.2 Å². The zero-order chi connectivity index (χ0) is 15.4. The monoisotopic (exact) mass is 284 g/mol. The largest absolute Gasteiger partial charge is 0.495 e. The van der Waals surface area contributed by atoms with Gasteiger partial charge in [-0.1, -0.05) is 18.2 Å². The lowest BCUT2D eigenvalue weighted by molar-refractivity contribution is -0.115. The molecule has 0 aliphatic heterocycles. The lowest BCUT2D eigenvalue weighted by atomic mass is 10.0.